The lowest BCUT2D eigenvalue weighted by atomic mass is 10.2. The maximum absolute atomic E-state index is 12.3. The van der Waals surface area contributed by atoms with Gasteiger partial charge < -0.3 is 15.7 Å². The van der Waals surface area contributed by atoms with E-state index in [2.05, 4.69) is 0 Å². The number of hydrogen-bond acceptors (Lipinski definition) is 3. The van der Waals surface area contributed by atoms with Gasteiger partial charge in [-0.3, -0.25) is 4.79 Å². The van der Waals surface area contributed by atoms with Crippen molar-refractivity contribution in [3.8, 4) is 5.75 Å². The van der Waals surface area contributed by atoms with Gasteiger partial charge in [0, 0.05) is 19.1 Å². The molecular weight excluding hydrogens is 240 g/mol. The molecule has 0 radical (unpaired) electrons. The Labute approximate surface area is 105 Å². The number of carbonyl (C=O) groups excluding carboxylic acids is 1. The van der Waals surface area contributed by atoms with Crippen molar-refractivity contribution in [2.24, 2.45) is 5.73 Å². The molecule has 3 N–H and O–H groups in total. The average molecular weight is 255 g/mol. The molecule has 17 heavy (non-hydrogen) atoms. The van der Waals surface area contributed by atoms with E-state index in [-0.39, 0.29) is 17.7 Å². The minimum absolute atomic E-state index is 0.0428. The van der Waals surface area contributed by atoms with E-state index in [9.17, 15) is 9.90 Å². The summed E-state index contributed by atoms with van der Waals surface area (Å²) < 4.78 is 0. The Bertz CT molecular complexity index is 433. The Kier molecular flexibility index (Phi) is 3.54. The van der Waals surface area contributed by atoms with Crippen molar-refractivity contribution in [2.75, 3.05) is 13.1 Å². The molecule has 1 aliphatic rings. The number of hydrogen-bond donors (Lipinski definition) is 2. The zero-order chi connectivity index (χ0) is 12.4. The quantitative estimate of drug-likeness (QED) is 0.858. The normalized spacial score (nSPS) is 14.7. The highest BCUT2D eigenvalue weighted by atomic mass is 35.5. The standard InChI is InChI=1S/C12H15ClN2O2/c13-11-4-3-9(16)7-10(11)12(17)15(6-5-14)8-1-2-8/h3-4,7-8,16H,1-2,5-6,14H2. The van der Waals surface area contributed by atoms with Crippen molar-refractivity contribution >= 4 is 17.5 Å². The van der Waals surface area contributed by atoms with Crippen molar-refractivity contribution in [1.29, 1.82) is 0 Å². The van der Waals surface area contributed by atoms with E-state index >= 15 is 0 Å². The summed E-state index contributed by atoms with van der Waals surface area (Å²) in [6.07, 6.45) is 2.03. The van der Waals surface area contributed by atoms with E-state index in [1.165, 1.54) is 18.2 Å². The van der Waals surface area contributed by atoms with Crippen molar-refractivity contribution in [3.63, 3.8) is 0 Å². The first kappa shape index (κ1) is 12.2. The molecule has 0 atom stereocenters. The van der Waals surface area contributed by atoms with E-state index in [1.807, 2.05) is 0 Å². The smallest absolute Gasteiger partial charge is 0.255 e. The number of nitrogens with zero attached hydrogens (tertiary/aromatic N) is 1. The first-order valence-electron chi connectivity index (χ1n) is 5.63. The van der Waals surface area contributed by atoms with Crippen molar-refractivity contribution < 1.29 is 9.90 Å². The van der Waals surface area contributed by atoms with Gasteiger partial charge in [0.05, 0.1) is 10.6 Å². The number of phenols is 1. The largest absolute Gasteiger partial charge is 0.508 e. The lowest BCUT2D eigenvalue weighted by molar-refractivity contribution is 0.0748. The van der Waals surface area contributed by atoms with Crippen LogP contribution >= 0.6 is 11.6 Å². The summed E-state index contributed by atoms with van der Waals surface area (Å²) >= 11 is 5.97. The van der Waals surface area contributed by atoms with Gasteiger partial charge in [0.15, 0.2) is 0 Å². The summed E-state index contributed by atoms with van der Waals surface area (Å²) in [5.41, 5.74) is 5.84. The molecule has 92 valence electrons. The molecule has 0 spiro atoms. The van der Waals surface area contributed by atoms with Crippen LogP contribution in [-0.2, 0) is 0 Å². The topological polar surface area (TPSA) is 66.6 Å². The highest BCUT2D eigenvalue weighted by molar-refractivity contribution is 6.33. The van der Waals surface area contributed by atoms with Gasteiger partial charge in [0.2, 0.25) is 0 Å². The highest BCUT2D eigenvalue weighted by Crippen LogP contribution is 2.30. The van der Waals surface area contributed by atoms with Gasteiger partial charge in [-0.1, -0.05) is 11.6 Å². The van der Waals surface area contributed by atoms with Gasteiger partial charge in [0.25, 0.3) is 5.91 Å². The summed E-state index contributed by atoms with van der Waals surface area (Å²) in [6.45, 7) is 0.953. The Morgan fingerprint density at radius 3 is 2.82 bits per heavy atom. The molecule has 0 heterocycles. The first-order valence-corrected chi connectivity index (χ1v) is 6.01. The molecule has 1 saturated carbocycles. The first-order chi connectivity index (χ1) is 8.13. The fourth-order valence-corrected chi connectivity index (χ4v) is 2.01. The monoisotopic (exact) mass is 254 g/mol. The van der Waals surface area contributed by atoms with Crippen LogP contribution in [0.15, 0.2) is 18.2 Å². The van der Waals surface area contributed by atoms with E-state index < -0.39 is 0 Å². The van der Waals surface area contributed by atoms with Crippen molar-refractivity contribution in [2.45, 2.75) is 18.9 Å². The van der Waals surface area contributed by atoms with E-state index in [4.69, 9.17) is 17.3 Å². The SMILES string of the molecule is NCCN(C(=O)c1cc(O)ccc1Cl)C1CC1. The Morgan fingerprint density at radius 2 is 2.24 bits per heavy atom. The van der Waals surface area contributed by atoms with Crippen LogP contribution in [0.4, 0.5) is 0 Å². The van der Waals surface area contributed by atoms with Crippen LogP contribution in [0.1, 0.15) is 23.2 Å². The molecule has 0 saturated heterocycles. The molecule has 4 nitrogen and oxygen atoms in total. The minimum Gasteiger partial charge on any atom is -0.508 e. The lowest BCUT2D eigenvalue weighted by Crippen LogP contribution is -2.37. The molecule has 2 rings (SSSR count). The van der Waals surface area contributed by atoms with Crippen LogP contribution < -0.4 is 5.73 Å². The number of phenolic OH excluding ortho intramolecular Hbond substituents is 1. The molecule has 0 unspecified atom stereocenters. The van der Waals surface area contributed by atoms with Crippen LogP contribution in [0.3, 0.4) is 0 Å². The second-order valence-corrected chi connectivity index (χ2v) is 4.59. The molecule has 0 aliphatic heterocycles. The van der Waals surface area contributed by atoms with Gasteiger partial charge in [-0.25, -0.2) is 0 Å². The molecule has 1 aliphatic carbocycles. The predicted molar refractivity (Wildman–Crippen MR) is 66.2 cm³/mol. The summed E-state index contributed by atoms with van der Waals surface area (Å²) in [4.78, 5) is 14.0. The van der Waals surface area contributed by atoms with Crippen LogP contribution in [0, 0.1) is 0 Å². The van der Waals surface area contributed by atoms with E-state index in [0.717, 1.165) is 12.8 Å². The number of halogens is 1. The summed E-state index contributed by atoms with van der Waals surface area (Å²) in [7, 11) is 0. The Balaban J connectivity index is 2.24. The fraction of sp³-hybridized carbons (Fsp3) is 0.417. The van der Waals surface area contributed by atoms with Gasteiger partial charge >= 0.3 is 0 Å². The van der Waals surface area contributed by atoms with Gasteiger partial charge in [-0.15, -0.1) is 0 Å². The maximum Gasteiger partial charge on any atom is 0.255 e. The molecule has 1 aromatic carbocycles. The minimum atomic E-state index is -0.154. The third-order valence-electron chi connectivity index (χ3n) is 2.80. The molecule has 1 fully saturated rings. The number of nitrogens with two attached hydrogens (primary N) is 1. The number of aromatic hydroxyl groups is 1. The third-order valence-corrected chi connectivity index (χ3v) is 3.13. The molecule has 0 aromatic heterocycles. The fourth-order valence-electron chi connectivity index (χ4n) is 1.81. The number of amides is 1. The lowest BCUT2D eigenvalue weighted by Gasteiger charge is -2.22. The summed E-state index contributed by atoms with van der Waals surface area (Å²) in [5, 5.41) is 9.76. The van der Waals surface area contributed by atoms with Gasteiger partial charge in [-0.2, -0.15) is 0 Å². The molecule has 5 heteroatoms. The molecule has 1 aromatic rings. The predicted octanol–water partition coefficient (Wildman–Crippen LogP) is 1.61. The zero-order valence-corrected chi connectivity index (χ0v) is 10.2. The van der Waals surface area contributed by atoms with Crippen LogP contribution in [-0.4, -0.2) is 35.0 Å². The van der Waals surface area contributed by atoms with Gasteiger partial charge in [-0.05, 0) is 31.0 Å². The molecule has 0 bridgehead atoms. The summed E-state index contributed by atoms with van der Waals surface area (Å²) in [6, 6.07) is 4.67. The molecular formula is C12H15ClN2O2. The van der Waals surface area contributed by atoms with Crippen LogP contribution in [0.5, 0.6) is 5.75 Å². The number of rotatable bonds is 4. The molecule has 1 amide bonds. The van der Waals surface area contributed by atoms with E-state index in [1.54, 1.807) is 4.90 Å². The highest BCUT2D eigenvalue weighted by Gasteiger charge is 2.33. The van der Waals surface area contributed by atoms with Crippen LogP contribution in [0.25, 0.3) is 0 Å². The summed E-state index contributed by atoms with van der Waals surface area (Å²) in [5.74, 6) is -0.111. The van der Waals surface area contributed by atoms with Crippen LogP contribution in [0.2, 0.25) is 5.02 Å². The Hall–Kier alpha value is -1.26. The zero-order valence-electron chi connectivity index (χ0n) is 9.40. The average Bonchev–Trinajstić information content (AvgIpc) is 3.12. The van der Waals surface area contributed by atoms with E-state index in [0.29, 0.717) is 23.7 Å². The maximum atomic E-state index is 12.3. The van der Waals surface area contributed by atoms with Gasteiger partial charge in [0.1, 0.15) is 5.75 Å². The van der Waals surface area contributed by atoms with Crippen molar-refractivity contribution in [3.05, 3.63) is 28.8 Å². The number of carbonyl (C=O) groups is 1. The third kappa shape index (κ3) is 2.70. The second kappa shape index (κ2) is 4.94. The second-order valence-electron chi connectivity index (χ2n) is 4.18. The number of benzene rings is 1. The Morgan fingerprint density at radius 1 is 1.53 bits per heavy atom. The van der Waals surface area contributed by atoms with Crippen molar-refractivity contribution in [1.82, 2.24) is 4.90 Å².